The Morgan fingerprint density at radius 2 is 1.72 bits per heavy atom. The van der Waals surface area contributed by atoms with Crippen molar-refractivity contribution in [3.05, 3.63) is 94.9 Å². The van der Waals surface area contributed by atoms with Crippen LogP contribution in [0.4, 0.5) is 9.18 Å². The predicted molar refractivity (Wildman–Crippen MR) is 122 cm³/mol. The largest absolute Gasteiger partial charge is 0.354 e. The SMILES string of the molecule is O=C(Cc1ccc(-n2cccc2)cc1)NCCN1C(=O)S/C(=C\c2ccccc2F)C1=O. The van der Waals surface area contributed by atoms with Crippen molar-refractivity contribution in [2.45, 2.75) is 6.42 Å². The molecule has 4 rings (SSSR count). The average Bonchev–Trinajstić information content (AvgIpc) is 3.40. The van der Waals surface area contributed by atoms with Gasteiger partial charge in [0.1, 0.15) is 5.82 Å². The molecule has 3 amide bonds. The van der Waals surface area contributed by atoms with Crippen LogP contribution in [0.2, 0.25) is 0 Å². The minimum absolute atomic E-state index is 0.0532. The van der Waals surface area contributed by atoms with E-state index in [1.54, 1.807) is 12.1 Å². The minimum Gasteiger partial charge on any atom is -0.354 e. The number of hydrogen-bond acceptors (Lipinski definition) is 4. The smallest absolute Gasteiger partial charge is 0.293 e. The molecule has 0 spiro atoms. The molecule has 0 aliphatic carbocycles. The van der Waals surface area contributed by atoms with Crippen LogP contribution < -0.4 is 5.32 Å². The number of imide groups is 1. The van der Waals surface area contributed by atoms with E-state index >= 15 is 0 Å². The summed E-state index contributed by atoms with van der Waals surface area (Å²) in [5, 5.41) is 2.30. The van der Waals surface area contributed by atoms with Crippen LogP contribution in [0.3, 0.4) is 0 Å². The van der Waals surface area contributed by atoms with E-state index in [0.717, 1.165) is 27.9 Å². The first-order valence-electron chi connectivity index (χ1n) is 10.00. The van der Waals surface area contributed by atoms with Gasteiger partial charge in [-0.05, 0) is 53.7 Å². The quantitative estimate of drug-likeness (QED) is 0.554. The summed E-state index contributed by atoms with van der Waals surface area (Å²) >= 11 is 0.764. The Kier molecular flexibility index (Phi) is 6.51. The molecular formula is C24H20FN3O3S. The van der Waals surface area contributed by atoms with Gasteiger partial charge in [-0.2, -0.15) is 0 Å². The topological polar surface area (TPSA) is 71.4 Å². The number of nitrogens with zero attached hydrogens (tertiary/aromatic N) is 2. The van der Waals surface area contributed by atoms with E-state index in [-0.39, 0.29) is 35.9 Å². The molecule has 0 atom stereocenters. The van der Waals surface area contributed by atoms with Crippen molar-refractivity contribution in [3.63, 3.8) is 0 Å². The van der Waals surface area contributed by atoms with Crippen molar-refractivity contribution in [3.8, 4) is 5.69 Å². The monoisotopic (exact) mass is 449 g/mol. The zero-order chi connectivity index (χ0) is 22.5. The number of thioether (sulfide) groups is 1. The van der Waals surface area contributed by atoms with Crippen LogP contribution in [0.5, 0.6) is 0 Å². The van der Waals surface area contributed by atoms with Crippen LogP contribution in [-0.2, 0) is 16.0 Å². The standard InChI is InChI=1S/C24H20FN3O3S/c25-20-6-2-1-5-18(20)16-21-23(30)28(24(31)32-21)14-11-26-22(29)15-17-7-9-19(10-8-17)27-12-3-4-13-27/h1-10,12-13,16H,11,14-15H2,(H,26,29)/b21-16-. The zero-order valence-corrected chi connectivity index (χ0v) is 17.8. The Hall–Kier alpha value is -3.65. The summed E-state index contributed by atoms with van der Waals surface area (Å²) < 4.78 is 15.8. The second kappa shape index (κ2) is 9.65. The molecular weight excluding hydrogens is 429 g/mol. The molecule has 2 heterocycles. The molecule has 1 saturated heterocycles. The molecule has 8 heteroatoms. The van der Waals surface area contributed by atoms with Crippen LogP contribution in [0, 0.1) is 5.82 Å². The molecule has 0 saturated carbocycles. The van der Waals surface area contributed by atoms with Crippen molar-refractivity contribution in [1.82, 2.24) is 14.8 Å². The molecule has 32 heavy (non-hydrogen) atoms. The molecule has 1 N–H and O–H groups in total. The number of benzene rings is 2. The zero-order valence-electron chi connectivity index (χ0n) is 17.0. The summed E-state index contributed by atoms with van der Waals surface area (Å²) in [6.07, 6.45) is 5.45. The summed E-state index contributed by atoms with van der Waals surface area (Å²) in [7, 11) is 0. The number of rotatable bonds is 7. The van der Waals surface area contributed by atoms with E-state index in [0.29, 0.717) is 0 Å². The third-order valence-electron chi connectivity index (χ3n) is 4.93. The fraction of sp³-hybridized carbons (Fsp3) is 0.125. The lowest BCUT2D eigenvalue weighted by Crippen LogP contribution is -2.37. The Morgan fingerprint density at radius 3 is 2.44 bits per heavy atom. The summed E-state index contributed by atoms with van der Waals surface area (Å²) in [4.78, 5) is 38.2. The van der Waals surface area contributed by atoms with Gasteiger partial charge in [-0.25, -0.2) is 4.39 Å². The van der Waals surface area contributed by atoms with Crippen LogP contribution in [0.25, 0.3) is 11.8 Å². The highest BCUT2D eigenvalue weighted by molar-refractivity contribution is 8.18. The lowest BCUT2D eigenvalue weighted by atomic mass is 10.1. The van der Waals surface area contributed by atoms with Gasteiger partial charge in [-0.15, -0.1) is 0 Å². The second-order valence-electron chi connectivity index (χ2n) is 7.14. The number of nitrogens with one attached hydrogen (secondary N) is 1. The van der Waals surface area contributed by atoms with E-state index in [2.05, 4.69) is 5.32 Å². The summed E-state index contributed by atoms with van der Waals surface area (Å²) in [5.74, 6) is -1.15. The fourth-order valence-electron chi connectivity index (χ4n) is 3.27. The number of carbonyl (C=O) groups excluding carboxylic acids is 3. The first kappa shape index (κ1) is 21.6. The highest BCUT2D eigenvalue weighted by Crippen LogP contribution is 2.32. The first-order valence-corrected chi connectivity index (χ1v) is 10.8. The molecule has 0 unspecified atom stereocenters. The van der Waals surface area contributed by atoms with Gasteiger partial charge in [-0.1, -0.05) is 30.3 Å². The summed E-state index contributed by atoms with van der Waals surface area (Å²) in [6.45, 7) is 0.197. The number of aromatic nitrogens is 1. The number of halogens is 1. The Bertz CT molecular complexity index is 1170. The molecule has 162 valence electrons. The fourth-order valence-corrected chi connectivity index (χ4v) is 4.13. The molecule has 1 aliphatic rings. The van der Waals surface area contributed by atoms with Crippen molar-refractivity contribution in [2.24, 2.45) is 0 Å². The molecule has 1 aliphatic heterocycles. The van der Waals surface area contributed by atoms with Crippen LogP contribution in [-0.4, -0.2) is 39.6 Å². The Labute approximate surface area is 188 Å². The van der Waals surface area contributed by atoms with Crippen LogP contribution in [0.15, 0.2) is 78.0 Å². The van der Waals surface area contributed by atoms with Gasteiger partial charge >= 0.3 is 0 Å². The van der Waals surface area contributed by atoms with Gasteiger partial charge in [0, 0.05) is 36.7 Å². The first-order chi connectivity index (χ1) is 15.5. The van der Waals surface area contributed by atoms with E-state index in [4.69, 9.17) is 0 Å². The van der Waals surface area contributed by atoms with Crippen LogP contribution >= 0.6 is 11.8 Å². The molecule has 2 aromatic carbocycles. The van der Waals surface area contributed by atoms with Crippen LogP contribution in [0.1, 0.15) is 11.1 Å². The van der Waals surface area contributed by atoms with E-state index in [9.17, 15) is 18.8 Å². The third-order valence-corrected chi connectivity index (χ3v) is 5.83. The van der Waals surface area contributed by atoms with E-state index in [1.807, 2.05) is 53.4 Å². The highest BCUT2D eigenvalue weighted by Gasteiger charge is 2.34. The Morgan fingerprint density at radius 1 is 1.00 bits per heavy atom. The maximum Gasteiger partial charge on any atom is 0.293 e. The molecule has 1 fully saturated rings. The predicted octanol–water partition coefficient (Wildman–Crippen LogP) is 4.01. The van der Waals surface area contributed by atoms with Gasteiger partial charge in [0.2, 0.25) is 5.91 Å². The van der Waals surface area contributed by atoms with Crippen molar-refractivity contribution >= 4 is 34.9 Å². The summed E-state index contributed by atoms with van der Waals surface area (Å²) in [5.41, 5.74) is 2.11. The van der Waals surface area contributed by atoms with Crippen molar-refractivity contribution < 1.29 is 18.8 Å². The maximum absolute atomic E-state index is 13.8. The van der Waals surface area contributed by atoms with E-state index in [1.165, 1.54) is 18.2 Å². The second-order valence-corrected chi connectivity index (χ2v) is 8.13. The molecule has 3 aromatic rings. The number of amides is 3. The highest BCUT2D eigenvalue weighted by atomic mass is 32.2. The molecule has 6 nitrogen and oxygen atoms in total. The third kappa shape index (κ3) is 4.97. The van der Waals surface area contributed by atoms with Gasteiger partial charge in [0.25, 0.3) is 11.1 Å². The molecule has 0 radical (unpaired) electrons. The van der Waals surface area contributed by atoms with Gasteiger partial charge in [0.05, 0.1) is 11.3 Å². The minimum atomic E-state index is -0.488. The lowest BCUT2D eigenvalue weighted by molar-refractivity contribution is -0.124. The Balaban J connectivity index is 1.28. The normalized spacial score (nSPS) is 14.9. The van der Waals surface area contributed by atoms with E-state index < -0.39 is 17.0 Å². The number of carbonyl (C=O) groups is 3. The van der Waals surface area contributed by atoms with Crippen molar-refractivity contribution in [2.75, 3.05) is 13.1 Å². The average molecular weight is 450 g/mol. The molecule has 0 bridgehead atoms. The van der Waals surface area contributed by atoms with Gasteiger partial charge < -0.3 is 9.88 Å². The van der Waals surface area contributed by atoms with Crippen molar-refractivity contribution in [1.29, 1.82) is 0 Å². The molecule has 1 aromatic heterocycles. The van der Waals surface area contributed by atoms with Gasteiger partial charge in [-0.3, -0.25) is 19.3 Å². The summed E-state index contributed by atoms with van der Waals surface area (Å²) in [6, 6.07) is 17.6. The maximum atomic E-state index is 13.8. The van der Waals surface area contributed by atoms with Gasteiger partial charge in [0.15, 0.2) is 0 Å². The lowest BCUT2D eigenvalue weighted by Gasteiger charge is -2.13. The number of hydrogen-bond donors (Lipinski definition) is 1.